The molecule has 1 aromatic rings. The van der Waals surface area contributed by atoms with E-state index in [4.69, 9.17) is 4.84 Å². The molecule has 1 aliphatic carbocycles. The van der Waals surface area contributed by atoms with E-state index in [1.807, 2.05) is 6.07 Å². The van der Waals surface area contributed by atoms with Crippen molar-refractivity contribution < 1.29 is 14.4 Å². The van der Waals surface area contributed by atoms with Gasteiger partial charge in [-0.2, -0.15) is 5.48 Å². The van der Waals surface area contributed by atoms with Crippen molar-refractivity contribution in [2.24, 2.45) is 0 Å². The van der Waals surface area contributed by atoms with Gasteiger partial charge in [0.05, 0.1) is 19.8 Å². The zero-order chi connectivity index (χ0) is 12.1. The normalized spacial score (nSPS) is 16.3. The largest absolute Gasteiger partial charge is 0.464 e. The first kappa shape index (κ1) is 12.1. The first-order valence-electron chi connectivity index (χ1n) is 5.94. The van der Waals surface area contributed by atoms with E-state index < -0.39 is 0 Å². The van der Waals surface area contributed by atoms with Crippen molar-refractivity contribution in [3.63, 3.8) is 0 Å². The van der Waals surface area contributed by atoms with Crippen LogP contribution in [0.15, 0.2) is 12.1 Å². The van der Waals surface area contributed by atoms with Crippen LogP contribution in [0.2, 0.25) is 0 Å². The molecule has 2 rings (SSSR count). The number of ether oxygens (including phenoxy) is 1. The van der Waals surface area contributed by atoms with Gasteiger partial charge in [0, 0.05) is 5.69 Å². The summed E-state index contributed by atoms with van der Waals surface area (Å²) in [5.41, 5.74) is 4.30. The smallest absolute Gasteiger partial charge is 0.354 e. The molecule has 5 heteroatoms. The van der Waals surface area contributed by atoms with Gasteiger partial charge < -0.3 is 9.72 Å². The van der Waals surface area contributed by atoms with Crippen LogP contribution >= 0.6 is 0 Å². The zero-order valence-corrected chi connectivity index (χ0v) is 9.99. The van der Waals surface area contributed by atoms with Crippen molar-refractivity contribution in [1.29, 1.82) is 0 Å². The van der Waals surface area contributed by atoms with Crippen molar-refractivity contribution in [3.05, 3.63) is 23.5 Å². The van der Waals surface area contributed by atoms with Crippen LogP contribution in [-0.2, 0) is 16.1 Å². The van der Waals surface area contributed by atoms with Crippen molar-refractivity contribution in [2.45, 2.75) is 38.3 Å². The fourth-order valence-electron chi connectivity index (χ4n) is 2.02. The Morgan fingerprint density at radius 1 is 1.47 bits per heavy atom. The molecule has 0 unspecified atom stereocenters. The third-order valence-electron chi connectivity index (χ3n) is 2.97. The summed E-state index contributed by atoms with van der Waals surface area (Å²) in [5, 5.41) is 0. The molecule has 5 nitrogen and oxygen atoms in total. The molecule has 1 aliphatic rings. The van der Waals surface area contributed by atoms with E-state index >= 15 is 0 Å². The minimum Gasteiger partial charge on any atom is -0.464 e. The van der Waals surface area contributed by atoms with Crippen LogP contribution < -0.4 is 5.48 Å². The molecule has 94 valence electrons. The molecule has 1 fully saturated rings. The number of hydrogen-bond donors (Lipinski definition) is 2. The van der Waals surface area contributed by atoms with E-state index in [-0.39, 0.29) is 5.97 Å². The number of carbonyl (C=O) groups excluding carboxylic acids is 1. The fourth-order valence-corrected chi connectivity index (χ4v) is 2.02. The van der Waals surface area contributed by atoms with Gasteiger partial charge in [-0.3, -0.25) is 4.84 Å². The highest BCUT2D eigenvalue weighted by Crippen LogP contribution is 2.19. The molecule has 0 amide bonds. The molecular formula is C12H18N2O3. The predicted octanol–water partition coefficient (Wildman–Crippen LogP) is 1.77. The molecule has 1 heterocycles. The average molecular weight is 238 g/mol. The Morgan fingerprint density at radius 3 is 2.94 bits per heavy atom. The second-order valence-electron chi connectivity index (χ2n) is 4.23. The third kappa shape index (κ3) is 3.31. The molecule has 2 N–H and O–H groups in total. The Kier molecular flexibility index (Phi) is 4.17. The monoisotopic (exact) mass is 238 g/mol. The quantitative estimate of drug-likeness (QED) is 0.606. The van der Waals surface area contributed by atoms with Crippen LogP contribution in [0.4, 0.5) is 0 Å². The molecular weight excluding hydrogens is 220 g/mol. The van der Waals surface area contributed by atoms with Gasteiger partial charge in [-0.15, -0.1) is 0 Å². The highest BCUT2D eigenvalue weighted by atomic mass is 16.7. The molecule has 0 spiro atoms. The first-order valence-corrected chi connectivity index (χ1v) is 5.94. The first-order chi connectivity index (χ1) is 8.29. The van der Waals surface area contributed by atoms with Crippen LogP contribution in [0.3, 0.4) is 0 Å². The number of nitrogens with one attached hydrogen (secondary N) is 2. The van der Waals surface area contributed by atoms with Gasteiger partial charge in [-0.25, -0.2) is 4.79 Å². The number of esters is 1. The Hall–Kier alpha value is -1.33. The van der Waals surface area contributed by atoms with Crippen molar-refractivity contribution in [1.82, 2.24) is 10.5 Å². The van der Waals surface area contributed by atoms with Gasteiger partial charge in [0.15, 0.2) is 0 Å². The van der Waals surface area contributed by atoms with Crippen LogP contribution in [-0.4, -0.2) is 24.2 Å². The number of rotatable bonds is 5. The Balaban J connectivity index is 1.74. The summed E-state index contributed by atoms with van der Waals surface area (Å²) in [6, 6.07) is 3.55. The summed E-state index contributed by atoms with van der Waals surface area (Å²) in [6.45, 7) is 0.563. The van der Waals surface area contributed by atoms with E-state index in [1.54, 1.807) is 6.07 Å². The SMILES string of the molecule is COC(=O)c1ccc(CNOC2CCCC2)[nH]1. The highest BCUT2D eigenvalue weighted by Gasteiger charge is 2.15. The predicted molar refractivity (Wildman–Crippen MR) is 62.3 cm³/mol. The maximum Gasteiger partial charge on any atom is 0.354 e. The maximum atomic E-state index is 11.2. The van der Waals surface area contributed by atoms with E-state index in [9.17, 15) is 4.79 Å². The number of aromatic nitrogens is 1. The van der Waals surface area contributed by atoms with Crippen LogP contribution in [0.25, 0.3) is 0 Å². The molecule has 1 saturated carbocycles. The second-order valence-corrected chi connectivity index (χ2v) is 4.23. The summed E-state index contributed by atoms with van der Waals surface area (Å²) in [6.07, 6.45) is 5.10. The number of hydrogen-bond acceptors (Lipinski definition) is 4. The standard InChI is InChI=1S/C12H18N2O3/c1-16-12(15)11-7-6-9(14-11)8-13-17-10-4-2-3-5-10/h6-7,10,13-14H,2-5,8H2,1H3. The van der Waals surface area contributed by atoms with Gasteiger partial charge in [0.2, 0.25) is 0 Å². The molecule has 1 aromatic heterocycles. The minimum atomic E-state index is -0.354. The molecule has 0 aromatic carbocycles. The Morgan fingerprint density at radius 2 is 2.24 bits per heavy atom. The fraction of sp³-hybridized carbons (Fsp3) is 0.583. The molecule has 0 atom stereocenters. The van der Waals surface area contributed by atoms with Gasteiger partial charge in [0.25, 0.3) is 0 Å². The van der Waals surface area contributed by atoms with E-state index in [0.29, 0.717) is 18.3 Å². The molecule has 17 heavy (non-hydrogen) atoms. The van der Waals surface area contributed by atoms with Crippen molar-refractivity contribution >= 4 is 5.97 Å². The van der Waals surface area contributed by atoms with Gasteiger partial charge in [-0.1, -0.05) is 12.8 Å². The molecule has 0 saturated heterocycles. The molecule has 0 radical (unpaired) electrons. The lowest BCUT2D eigenvalue weighted by molar-refractivity contribution is -0.0248. The number of aromatic amines is 1. The summed E-state index contributed by atoms with van der Waals surface area (Å²) < 4.78 is 4.61. The van der Waals surface area contributed by atoms with Gasteiger partial charge >= 0.3 is 5.97 Å². The number of methoxy groups -OCH3 is 1. The summed E-state index contributed by atoms with van der Waals surface area (Å²) in [4.78, 5) is 19.7. The second kappa shape index (κ2) is 5.84. The molecule has 0 bridgehead atoms. The number of hydroxylamine groups is 1. The number of carbonyl (C=O) groups is 1. The maximum absolute atomic E-state index is 11.2. The summed E-state index contributed by atoms with van der Waals surface area (Å²) in [5.74, 6) is -0.354. The zero-order valence-electron chi connectivity index (χ0n) is 9.99. The topological polar surface area (TPSA) is 63.4 Å². The summed E-state index contributed by atoms with van der Waals surface area (Å²) in [7, 11) is 1.37. The van der Waals surface area contributed by atoms with Crippen LogP contribution in [0, 0.1) is 0 Å². The Bertz CT molecular complexity index is 370. The Labute approximate surface area is 100 Å². The van der Waals surface area contributed by atoms with Crippen LogP contribution in [0.5, 0.6) is 0 Å². The van der Waals surface area contributed by atoms with Crippen molar-refractivity contribution in [2.75, 3.05) is 7.11 Å². The summed E-state index contributed by atoms with van der Waals surface area (Å²) >= 11 is 0. The van der Waals surface area contributed by atoms with E-state index in [2.05, 4.69) is 15.2 Å². The minimum absolute atomic E-state index is 0.338. The van der Waals surface area contributed by atoms with Gasteiger partial charge in [-0.05, 0) is 25.0 Å². The number of H-pyrrole nitrogens is 1. The van der Waals surface area contributed by atoms with E-state index in [0.717, 1.165) is 18.5 Å². The molecule has 0 aliphatic heterocycles. The van der Waals surface area contributed by atoms with Crippen molar-refractivity contribution in [3.8, 4) is 0 Å². The third-order valence-corrected chi connectivity index (χ3v) is 2.97. The average Bonchev–Trinajstić information content (AvgIpc) is 2.99. The van der Waals surface area contributed by atoms with E-state index in [1.165, 1.54) is 20.0 Å². The lowest BCUT2D eigenvalue weighted by Gasteiger charge is -2.10. The lowest BCUT2D eigenvalue weighted by Crippen LogP contribution is -2.21. The van der Waals surface area contributed by atoms with Gasteiger partial charge in [0.1, 0.15) is 5.69 Å². The lowest BCUT2D eigenvalue weighted by atomic mass is 10.3. The highest BCUT2D eigenvalue weighted by molar-refractivity contribution is 5.87. The van der Waals surface area contributed by atoms with Crippen LogP contribution in [0.1, 0.15) is 41.9 Å².